The third-order valence-corrected chi connectivity index (χ3v) is 12.6. The van der Waals surface area contributed by atoms with Crippen molar-refractivity contribution in [2.45, 2.75) is 20.8 Å². The number of hydrogen-bond donors (Lipinski definition) is 1. The van der Waals surface area contributed by atoms with Gasteiger partial charge in [0.1, 0.15) is 0 Å². The van der Waals surface area contributed by atoms with E-state index in [1.54, 1.807) is 0 Å². The van der Waals surface area contributed by atoms with Crippen molar-refractivity contribution in [2.24, 2.45) is 5.14 Å². The molecule has 0 aromatic heterocycles. The van der Waals surface area contributed by atoms with Crippen LogP contribution in [0.25, 0.3) is 11.1 Å². The number of primary sulfonamides is 1. The van der Waals surface area contributed by atoms with Crippen LogP contribution in [0.15, 0.2) is 55.1 Å². The van der Waals surface area contributed by atoms with Crippen molar-refractivity contribution in [3.63, 3.8) is 0 Å². The molecular weight excluding hydrogens is 726 g/mol. The molecule has 0 aliphatic heterocycles. The van der Waals surface area contributed by atoms with Gasteiger partial charge in [-0.3, -0.25) is 0 Å². The zero-order valence-electron chi connectivity index (χ0n) is 16.4. The Bertz CT molecular complexity index is 1610. The zero-order valence-corrected chi connectivity index (χ0v) is 22.8. The molecule has 0 aliphatic carbocycles. The minimum Gasteiger partial charge on any atom is -0.225 e. The van der Waals surface area contributed by atoms with Crippen molar-refractivity contribution in [3.8, 4) is 11.1 Å². The summed E-state index contributed by atoms with van der Waals surface area (Å²) in [6.45, 7) is 0. The molecule has 0 saturated carbocycles. The standard InChI is InChI=1S/C14H8Br2F6N2O8S4/c15-7-1-3-9(11(5-7)33(23,25)26)10-4-2-8(16)6-12(10)34(27,28)24(35(29,30)13(17,18)19)36(31,32)14(20,21)22/h1-6H,(H2,23,25,26). The van der Waals surface area contributed by atoms with Crippen LogP contribution >= 0.6 is 31.9 Å². The smallest absolute Gasteiger partial charge is 0.225 e. The Labute approximate surface area is 216 Å². The number of nitrogens with two attached hydrogens (primary N) is 1. The van der Waals surface area contributed by atoms with Gasteiger partial charge >= 0.3 is 31.1 Å². The number of sulfonamides is 4. The fourth-order valence-electron chi connectivity index (χ4n) is 2.52. The largest absolute Gasteiger partial charge is 0.513 e. The molecule has 0 unspecified atom stereocenters. The molecule has 2 rings (SSSR count). The lowest BCUT2D eigenvalue weighted by Gasteiger charge is -2.24. The number of hydrogen-bond acceptors (Lipinski definition) is 8. The molecular formula is C14H8Br2F6N2O8S4. The van der Waals surface area contributed by atoms with E-state index in [2.05, 4.69) is 31.9 Å². The van der Waals surface area contributed by atoms with Crippen molar-refractivity contribution in [3.05, 3.63) is 45.3 Å². The molecule has 10 nitrogen and oxygen atoms in total. The Balaban J connectivity index is 3.14. The number of halogens is 8. The molecule has 0 bridgehead atoms. The van der Waals surface area contributed by atoms with Crippen molar-refractivity contribution < 1.29 is 60.0 Å². The van der Waals surface area contributed by atoms with Gasteiger partial charge in [0, 0.05) is 23.2 Å². The monoisotopic (exact) mass is 732 g/mol. The van der Waals surface area contributed by atoms with Crippen LogP contribution in [-0.4, -0.2) is 47.8 Å². The topological polar surface area (TPSA) is 166 Å². The molecule has 36 heavy (non-hydrogen) atoms. The zero-order chi connectivity index (χ0) is 28.3. The predicted molar refractivity (Wildman–Crippen MR) is 118 cm³/mol. The quantitative estimate of drug-likeness (QED) is 0.442. The lowest BCUT2D eigenvalue weighted by atomic mass is 10.1. The minimum atomic E-state index is -7.77. The summed E-state index contributed by atoms with van der Waals surface area (Å²) in [5.74, 6) is 0. The Morgan fingerprint density at radius 3 is 1.31 bits per heavy atom. The fourth-order valence-corrected chi connectivity index (χ4v) is 10.2. The highest BCUT2D eigenvalue weighted by Crippen LogP contribution is 2.42. The molecule has 0 amide bonds. The van der Waals surface area contributed by atoms with E-state index in [-0.39, 0.29) is 10.5 Å². The third kappa shape index (κ3) is 5.59. The van der Waals surface area contributed by atoms with Gasteiger partial charge in [0.05, 0.1) is 9.79 Å². The average Bonchev–Trinajstić information content (AvgIpc) is 2.65. The maximum absolute atomic E-state index is 13.2. The van der Waals surface area contributed by atoms with Gasteiger partial charge in [-0.25, -0.2) is 38.8 Å². The summed E-state index contributed by atoms with van der Waals surface area (Å²) in [7, 11) is -27.1. The van der Waals surface area contributed by atoms with Crippen LogP contribution in [0.1, 0.15) is 0 Å². The Morgan fingerprint density at radius 1 is 0.639 bits per heavy atom. The highest BCUT2D eigenvalue weighted by Gasteiger charge is 2.66. The summed E-state index contributed by atoms with van der Waals surface area (Å²) < 4.78 is 174. The summed E-state index contributed by atoms with van der Waals surface area (Å²) in [6.07, 6.45) is 0. The number of benzene rings is 2. The first-order valence-electron chi connectivity index (χ1n) is 8.17. The maximum atomic E-state index is 13.2. The minimum absolute atomic E-state index is 0.0257. The van der Waals surface area contributed by atoms with Crippen LogP contribution in [0.4, 0.5) is 26.3 Å². The van der Waals surface area contributed by atoms with Crippen LogP contribution in [0.2, 0.25) is 0 Å². The van der Waals surface area contributed by atoms with E-state index in [1.165, 1.54) is 0 Å². The second-order valence-electron chi connectivity index (χ2n) is 6.37. The predicted octanol–water partition coefficient (Wildman–Crippen LogP) is 3.22. The van der Waals surface area contributed by atoms with E-state index in [4.69, 9.17) is 5.14 Å². The van der Waals surface area contributed by atoms with Gasteiger partial charge in [-0.15, -0.1) is 0 Å². The van der Waals surface area contributed by atoms with Gasteiger partial charge in [-0.1, -0.05) is 44.0 Å². The SMILES string of the molecule is NS(=O)(=O)c1cc(Br)ccc1-c1ccc(Br)cc1S(=O)(=O)N(S(=O)(=O)C(F)(F)F)S(=O)(=O)C(F)(F)F. The molecule has 2 N–H and O–H groups in total. The van der Waals surface area contributed by atoms with E-state index in [9.17, 15) is 60.0 Å². The van der Waals surface area contributed by atoms with Gasteiger partial charge in [0.15, 0.2) is 0 Å². The molecule has 0 saturated heterocycles. The van der Waals surface area contributed by atoms with Crippen LogP contribution in [0, 0.1) is 0 Å². The molecule has 0 aliphatic rings. The first-order chi connectivity index (χ1) is 15.9. The molecule has 0 heterocycles. The van der Waals surface area contributed by atoms with Gasteiger partial charge < -0.3 is 0 Å². The van der Waals surface area contributed by atoms with Crippen LogP contribution in [0.3, 0.4) is 0 Å². The first-order valence-corrected chi connectivity index (χ1v) is 15.6. The lowest BCUT2D eigenvalue weighted by molar-refractivity contribution is -0.0507. The van der Waals surface area contributed by atoms with E-state index in [1.807, 2.05) is 0 Å². The third-order valence-electron chi connectivity index (χ3n) is 3.94. The highest BCUT2D eigenvalue weighted by atomic mass is 79.9. The Morgan fingerprint density at radius 2 is 0.972 bits per heavy atom. The molecule has 22 heteroatoms. The Kier molecular flexibility index (Phi) is 8.13. The van der Waals surface area contributed by atoms with Crippen molar-refractivity contribution in [2.75, 3.05) is 0 Å². The Hall–Kier alpha value is -1.30. The van der Waals surface area contributed by atoms with E-state index < -0.39 is 79.6 Å². The van der Waals surface area contributed by atoms with Crippen molar-refractivity contribution in [1.29, 1.82) is 0 Å². The van der Waals surface area contributed by atoms with E-state index in [0.717, 1.165) is 24.3 Å². The van der Waals surface area contributed by atoms with Crippen LogP contribution in [0.5, 0.6) is 0 Å². The first kappa shape index (κ1) is 30.9. The molecule has 0 fully saturated rings. The summed E-state index contributed by atoms with van der Waals surface area (Å²) in [6, 6.07) is 4.56. The summed E-state index contributed by atoms with van der Waals surface area (Å²) >= 11 is 5.57. The number of nitrogens with zero attached hydrogens (tertiary/aromatic N) is 1. The second kappa shape index (κ2) is 9.47. The van der Waals surface area contributed by atoms with Gasteiger partial charge in [0.2, 0.25) is 10.0 Å². The second-order valence-corrected chi connectivity index (χ2v) is 15.7. The molecule has 2 aromatic carbocycles. The van der Waals surface area contributed by atoms with E-state index in [0.29, 0.717) is 6.07 Å². The normalized spacial score (nSPS) is 14.3. The van der Waals surface area contributed by atoms with Crippen LogP contribution < -0.4 is 5.14 Å². The molecule has 0 spiro atoms. The van der Waals surface area contributed by atoms with E-state index >= 15 is 0 Å². The fraction of sp³-hybridized carbons (Fsp3) is 0.143. The van der Waals surface area contributed by atoms with Gasteiger partial charge in [-0.05, 0) is 24.3 Å². The number of rotatable bonds is 6. The summed E-state index contributed by atoms with van der Waals surface area (Å²) in [5.41, 5.74) is -15.4. The number of alkyl halides is 6. The van der Waals surface area contributed by atoms with Gasteiger partial charge in [-0.2, -0.15) is 26.3 Å². The van der Waals surface area contributed by atoms with Gasteiger partial charge in [0.25, 0.3) is 10.0 Å². The maximum Gasteiger partial charge on any atom is 0.513 e. The van der Waals surface area contributed by atoms with Crippen molar-refractivity contribution >= 4 is 72.0 Å². The molecule has 0 atom stereocenters. The average molecular weight is 734 g/mol. The lowest BCUT2D eigenvalue weighted by Crippen LogP contribution is -2.51. The van der Waals surface area contributed by atoms with Crippen LogP contribution in [-0.2, 0) is 40.1 Å². The van der Waals surface area contributed by atoms with Crippen molar-refractivity contribution in [1.82, 2.24) is 3.12 Å². The molecule has 2 aromatic rings. The summed E-state index contributed by atoms with van der Waals surface area (Å²) in [5, 5.41) is 5.06. The molecule has 0 radical (unpaired) electrons. The highest BCUT2D eigenvalue weighted by molar-refractivity contribution is 9.10. The molecule has 202 valence electrons. The summed E-state index contributed by atoms with van der Waals surface area (Å²) in [4.78, 5) is -2.66.